The Labute approximate surface area is 93.4 Å². The Kier molecular flexibility index (Phi) is 1.96. The van der Waals surface area contributed by atoms with Gasteiger partial charge >= 0.3 is 0 Å². The summed E-state index contributed by atoms with van der Waals surface area (Å²) in [6, 6.07) is 12.1. The first-order chi connectivity index (χ1) is 7.86. The highest BCUT2D eigenvalue weighted by molar-refractivity contribution is 5.76. The van der Waals surface area contributed by atoms with Gasteiger partial charge in [0.25, 0.3) is 0 Å². The molecule has 0 aliphatic carbocycles. The molecule has 0 bridgehead atoms. The fourth-order valence-corrected chi connectivity index (χ4v) is 1.86. The molecule has 0 radical (unpaired) electrons. The zero-order valence-electron chi connectivity index (χ0n) is 8.96. The van der Waals surface area contributed by atoms with Crippen LogP contribution in [-0.4, -0.2) is 14.5 Å². The molecular formula is C13H11N3. The zero-order valence-corrected chi connectivity index (χ0v) is 8.96. The van der Waals surface area contributed by atoms with Gasteiger partial charge in [-0.05, 0) is 30.7 Å². The number of benzene rings is 1. The third kappa shape index (κ3) is 1.29. The van der Waals surface area contributed by atoms with Crippen LogP contribution in [0.2, 0.25) is 0 Å². The van der Waals surface area contributed by atoms with Crippen LogP contribution in [0, 0.1) is 6.92 Å². The quantitative estimate of drug-likeness (QED) is 0.617. The molecule has 0 amide bonds. The van der Waals surface area contributed by atoms with Gasteiger partial charge in [-0.25, -0.2) is 9.97 Å². The molecule has 3 heteroatoms. The van der Waals surface area contributed by atoms with E-state index in [1.54, 1.807) is 6.20 Å². The highest BCUT2D eigenvalue weighted by Gasteiger charge is 2.06. The molecule has 0 N–H and O–H groups in total. The van der Waals surface area contributed by atoms with Gasteiger partial charge in [0.2, 0.25) is 0 Å². The molecule has 78 valence electrons. The maximum absolute atomic E-state index is 4.39. The van der Waals surface area contributed by atoms with Crippen LogP contribution in [-0.2, 0) is 0 Å². The molecule has 16 heavy (non-hydrogen) atoms. The van der Waals surface area contributed by atoms with Crippen molar-refractivity contribution in [2.45, 2.75) is 6.92 Å². The highest BCUT2D eigenvalue weighted by Crippen LogP contribution is 2.18. The number of rotatable bonds is 1. The summed E-state index contributed by atoms with van der Waals surface area (Å²) >= 11 is 0. The van der Waals surface area contributed by atoms with Gasteiger partial charge in [-0.15, -0.1) is 0 Å². The molecule has 1 aromatic carbocycles. The van der Waals surface area contributed by atoms with E-state index in [0.29, 0.717) is 0 Å². The van der Waals surface area contributed by atoms with Gasteiger partial charge in [-0.1, -0.05) is 18.2 Å². The SMILES string of the molecule is Cc1cccnc1-n1cnc2ccccc21. The third-order valence-electron chi connectivity index (χ3n) is 2.66. The van der Waals surface area contributed by atoms with Gasteiger partial charge in [0.1, 0.15) is 12.1 Å². The number of pyridine rings is 1. The van der Waals surface area contributed by atoms with Crippen molar-refractivity contribution in [2.24, 2.45) is 0 Å². The van der Waals surface area contributed by atoms with Crippen LogP contribution in [0.3, 0.4) is 0 Å². The van der Waals surface area contributed by atoms with Crippen molar-refractivity contribution < 1.29 is 0 Å². The van der Waals surface area contributed by atoms with Crippen LogP contribution in [0.25, 0.3) is 16.9 Å². The topological polar surface area (TPSA) is 30.7 Å². The molecule has 0 aliphatic heterocycles. The molecule has 0 saturated heterocycles. The van der Waals surface area contributed by atoms with Gasteiger partial charge in [0.15, 0.2) is 0 Å². The molecule has 3 rings (SSSR count). The van der Waals surface area contributed by atoms with E-state index >= 15 is 0 Å². The molecule has 2 aromatic heterocycles. The van der Waals surface area contributed by atoms with E-state index in [-0.39, 0.29) is 0 Å². The Balaban J connectivity index is 2.31. The van der Waals surface area contributed by atoms with Crippen molar-refractivity contribution in [1.82, 2.24) is 14.5 Å². The number of fused-ring (bicyclic) bond motifs is 1. The lowest BCUT2D eigenvalue weighted by Crippen LogP contribution is -1.97. The van der Waals surface area contributed by atoms with Crippen molar-refractivity contribution in [3.63, 3.8) is 0 Å². The molecule has 2 heterocycles. The fourth-order valence-electron chi connectivity index (χ4n) is 1.86. The molecule has 3 aromatic rings. The minimum absolute atomic E-state index is 0.941. The first kappa shape index (κ1) is 9.09. The van der Waals surface area contributed by atoms with Gasteiger partial charge in [0.05, 0.1) is 11.0 Å². The first-order valence-electron chi connectivity index (χ1n) is 5.20. The van der Waals surface area contributed by atoms with Crippen LogP contribution in [0.15, 0.2) is 48.9 Å². The summed E-state index contributed by atoms with van der Waals surface area (Å²) in [5.41, 5.74) is 3.22. The fraction of sp³-hybridized carbons (Fsp3) is 0.0769. The smallest absolute Gasteiger partial charge is 0.141 e. The number of nitrogens with zero attached hydrogens (tertiary/aromatic N) is 3. The number of para-hydroxylation sites is 2. The molecule has 0 atom stereocenters. The third-order valence-corrected chi connectivity index (χ3v) is 2.66. The maximum Gasteiger partial charge on any atom is 0.141 e. The van der Waals surface area contributed by atoms with Gasteiger partial charge in [-0.3, -0.25) is 4.57 Å². The number of hydrogen-bond donors (Lipinski definition) is 0. The van der Waals surface area contributed by atoms with E-state index in [9.17, 15) is 0 Å². The van der Waals surface area contributed by atoms with Crippen LogP contribution in [0.1, 0.15) is 5.56 Å². The van der Waals surface area contributed by atoms with Crippen LogP contribution < -0.4 is 0 Å². The molecule has 0 saturated carbocycles. The van der Waals surface area contributed by atoms with Gasteiger partial charge in [0, 0.05) is 6.20 Å². The van der Waals surface area contributed by atoms with Crippen LogP contribution in [0.5, 0.6) is 0 Å². The first-order valence-corrected chi connectivity index (χ1v) is 5.20. The Morgan fingerprint density at radius 2 is 1.88 bits per heavy atom. The largest absolute Gasteiger partial charge is 0.283 e. The lowest BCUT2D eigenvalue weighted by molar-refractivity contribution is 1.00. The van der Waals surface area contributed by atoms with Crippen molar-refractivity contribution in [3.8, 4) is 5.82 Å². The van der Waals surface area contributed by atoms with E-state index in [4.69, 9.17) is 0 Å². The van der Waals surface area contributed by atoms with E-state index in [1.807, 2.05) is 35.2 Å². The lowest BCUT2D eigenvalue weighted by atomic mass is 10.2. The monoisotopic (exact) mass is 209 g/mol. The van der Waals surface area contributed by atoms with Crippen molar-refractivity contribution >= 4 is 11.0 Å². The minimum Gasteiger partial charge on any atom is -0.283 e. The Morgan fingerprint density at radius 3 is 2.75 bits per heavy atom. The highest BCUT2D eigenvalue weighted by atomic mass is 15.1. The molecule has 0 spiro atoms. The summed E-state index contributed by atoms with van der Waals surface area (Å²) < 4.78 is 2.02. The second kappa shape index (κ2) is 3.45. The summed E-state index contributed by atoms with van der Waals surface area (Å²) in [6.07, 6.45) is 3.62. The van der Waals surface area contributed by atoms with E-state index in [0.717, 1.165) is 22.4 Å². The van der Waals surface area contributed by atoms with E-state index in [2.05, 4.69) is 29.0 Å². The number of aryl methyl sites for hydroxylation is 1. The standard InChI is InChI=1S/C13H11N3/c1-10-5-4-8-14-13(10)16-9-15-11-6-2-3-7-12(11)16/h2-9H,1H3. The summed E-state index contributed by atoms with van der Waals surface area (Å²) in [6.45, 7) is 2.05. The van der Waals surface area contributed by atoms with E-state index in [1.165, 1.54) is 0 Å². The maximum atomic E-state index is 4.39. The number of imidazole rings is 1. The lowest BCUT2D eigenvalue weighted by Gasteiger charge is -2.05. The summed E-state index contributed by atoms with van der Waals surface area (Å²) in [5.74, 6) is 0.941. The van der Waals surface area contributed by atoms with Crippen LogP contribution in [0.4, 0.5) is 0 Å². The normalized spacial score (nSPS) is 10.8. The summed E-state index contributed by atoms with van der Waals surface area (Å²) in [4.78, 5) is 8.75. The number of aromatic nitrogens is 3. The number of hydrogen-bond acceptors (Lipinski definition) is 2. The predicted molar refractivity (Wildman–Crippen MR) is 63.6 cm³/mol. The average Bonchev–Trinajstić information content (AvgIpc) is 2.74. The second-order valence-corrected chi connectivity index (χ2v) is 3.75. The summed E-state index contributed by atoms with van der Waals surface area (Å²) in [7, 11) is 0. The Hall–Kier alpha value is -2.16. The Morgan fingerprint density at radius 1 is 1.00 bits per heavy atom. The second-order valence-electron chi connectivity index (χ2n) is 3.75. The predicted octanol–water partition coefficient (Wildman–Crippen LogP) is 2.73. The van der Waals surface area contributed by atoms with Gasteiger partial charge < -0.3 is 0 Å². The molecule has 0 fully saturated rings. The van der Waals surface area contributed by atoms with Crippen molar-refractivity contribution in [3.05, 3.63) is 54.5 Å². The average molecular weight is 209 g/mol. The Bertz CT molecular complexity index is 640. The molecule has 3 nitrogen and oxygen atoms in total. The summed E-state index contributed by atoms with van der Waals surface area (Å²) in [5, 5.41) is 0. The molecule has 0 unspecified atom stereocenters. The zero-order chi connectivity index (χ0) is 11.0. The molecular weight excluding hydrogens is 198 g/mol. The van der Waals surface area contributed by atoms with E-state index < -0.39 is 0 Å². The molecule has 0 aliphatic rings. The van der Waals surface area contributed by atoms with Gasteiger partial charge in [-0.2, -0.15) is 0 Å². The van der Waals surface area contributed by atoms with Crippen LogP contribution >= 0.6 is 0 Å². The minimum atomic E-state index is 0.941. The van der Waals surface area contributed by atoms with Crippen molar-refractivity contribution in [2.75, 3.05) is 0 Å². The van der Waals surface area contributed by atoms with Crippen molar-refractivity contribution in [1.29, 1.82) is 0 Å².